The monoisotopic (exact) mass is 420 g/mol. The molecule has 0 aliphatic heterocycles. The highest BCUT2D eigenvalue weighted by atomic mass is 32.1. The molecule has 1 saturated carbocycles. The molecule has 5 rings (SSSR count). The number of pyridine rings is 1. The maximum Gasteiger partial charge on any atom is 0.203 e. The van der Waals surface area contributed by atoms with Gasteiger partial charge in [-0.2, -0.15) is 4.68 Å². The van der Waals surface area contributed by atoms with Gasteiger partial charge in [0.1, 0.15) is 17.9 Å². The van der Waals surface area contributed by atoms with E-state index in [0.717, 1.165) is 53.3 Å². The van der Waals surface area contributed by atoms with E-state index in [1.54, 1.807) is 6.20 Å². The van der Waals surface area contributed by atoms with E-state index in [9.17, 15) is 0 Å². The third-order valence-corrected chi connectivity index (χ3v) is 6.11. The molecule has 1 aromatic carbocycles. The third kappa shape index (κ3) is 3.48. The van der Waals surface area contributed by atoms with Crippen LogP contribution < -0.4 is 4.90 Å². The molecule has 1 unspecified atom stereocenters. The number of hydrogen-bond acceptors (Lipinski definition) is 4. The Labute approximate surface area is 180 Å². The van der Waals surface area contributed by atoms with Gasteiger partial charge < -0.3 is 9.32 Å². The average Bonchev–Trinajstić information content (AvgIpc) is 3.47. The largest absolute Gasteiger partial charge is 0.461 e. The van der Waals surface area contributed by atoms with E-state index < -0.39 is 0 Å². The summed E-state index contributed by atoms with van der Waals surface area (Å²) in [5.74, 6) is 1.99. The zero-order valence-corrected chi connectivity index (χ0v) is 18.2. The summed E-state index contributed by atoms with van der Waals surface area (Å²) in [5.41, 5.74) is 3.26. The Bertz CT molecular complexity index is 1240. The van der Waals surface area contributed by atoms with Crippen LogP contribution in [0.15, 0.2) is 53.2 Å². The fraction of sp³-hybridized carbons (Fsp3) is 0.348. The van der Waals surface area contributed by atoms with Crippen molar-refractivity contribution in [3.63, 3.8) is 0 Å². The standard InChI is InChI=1S/C23H25N5OS/c1-3-20-19(18-8-4-5-9-21(18)29-20)14-26(2)15-27-23(30)28(17-10-11-17)22(25-27)16-7-6-12-24-13-16/h4-9,12-13,17H,3,10-11,14-15H2,1-2H3/p+1. The summed E-state index contributed by atoms with van der Waals surface area (Å²) in [6.07, 6.45) is 6.86. The van der Waals surface area contributed by atoms with Crippen molar-refractivity contribution in [2.24, 2.45) is 0 Å². The molecule has 6 nitrogen and oxygen atoms in total. The van der Waals surface area contributed by atoms with Crippen molar-refractivity contribution in [2.45, 2.75) is 45.4 Å². The molecule has 154 valence electrons. The van der Waals surface area contributed by atoms with Gasteiger partial charge in [-0.1, -0.05) is 25.1 Å². The topological polar surface area (TPSA) is 53.2 Å². The van der Waals surface area contributed by atoms with Crippen molar-refractivity contribution in [2.75, 3.05) is 7.05 Å². The number of hydrogen-bond donors (Lipinski definition) is 1. The first-order valence-corrected chi connectivity index (χ1v) is 11.0. The highest BCUT2D eigenvalue weighted by molar-refractivity contribution is 7.71. The Morgan fingerprint density at radius 3 is 2.77 bits per heavy atom. The van der Waals surface area contributed by atoms with Gasteiger partial charge in [-0.25, -0.2) is 0 Å². The SMILES string of the molecule is CCc1oc2ccccc2c1C[NH+](C)Cn1nc(-c2cccnc2)n(C2CC2)c1=S. The van der Waals surface area contributed by atoms with Gasteiger partial charge in [0.05, 0.1) is 12.6 Å². The lowest BCUT2D eigenvalue weighted by Crippen LogP contribution is -3.07. The van der Waals surface area contributed by atoms with E-state index in [0.29, 0.717) is 12.7 Å². The maximum absolute atomic E-state index is 6.08. The molecule has 0 bridgehead atoms. The average molecular weight is 421 g/mol. The summed E-state index contributed by atoms with van der Waals surface area (Å²) in [7, 11) is 2.18. The lowest BCUT2D eigenvalue weighted by molar-refractivity contribution is -0.917. The fourth-order valence-electron chi connectivity index (χ4n) is 4.12. The van der Waals surface area contributed by atoms with Crippen molar-refractivity contribution in [3.05, 3.63) is 64.9 Å². The molecule has 0 spiro atoms. The zero-order valence-electron chi connectivity index (χ0n) is 17.3. The molecule has 1 aliphatic rings. The van der Waals surface area contributed by atoms with Crippen molar-refractivity contribution in [3.8, 4) is 11.4 Å². The minimum Gasteiger partial charge on any atom is -0.461 e. The molecule has 1 N–H and O–H groups in total. The number of nitrogens with one attached hydrogen (secondary N) is 1. The smallest absolute Gasteiger partial charge is 0.203 e. The first-order valence-electron chi connectivity index (χ1n) is 10.6. The molecular weight excluding hydrogens is 394 g/mol. The van der Waals surface area contributed by atoms with Gasteiger partial charge in [0, 0.05) is 35.8 Å². The van der Waals surface area contributed by atoms with Crippen LogP contribution in [-0.2, 0) is 19.6 Å². The lowest BCUT2D eigenvalue weighted by Gasteiger charge is -2.14. The van der Waals surface area contributed by atoms with E-state index in [1.807, 2.05) is 29.1 Å². The van der Waals surface area contributed by atoms with E-state index in [1.165, 1.54) is 15.8 Å². The molecule has 4 aromatic rings. The first-order chi connectivity index (χ1) is 14.7. The van der Waals surface area contributed by atoms with E-state index in [-0.39, 0.29) is 0 Å². The molecule has 0 saturated heterocycles. The normalized spacial score (nSPS) is 15.0. The maximum atomic E-state index is 6.08. The zero-order chi connectivity index (χ0) is 20.7. The fourth-order valence-corrected chi connectivity index (χ4v) is 4.46. The highest BCUT2D eigenvalue weighted by Crippen LogP contribution is 2.38. The number of rotatable bonds is 7. The van der Waals surface area contributed by atoms with Crippen LogP contribution in [0.25, 0.3) is 22.4 Å². The van der Waals surface area contributed by atoms with E-state index >= 15 is 0 Å². The van der Waals surface area contributed by atoms with Gasteiger partial charge in [0.15, 0.2) is 12.5 Å². The first kappa shape index (κ1) is 19.2. The summed E-state index contributed by atoms with van der Waals surface area (Å²) in [5, 5.41) is 6.11. The number of aryl methyl sites for hydroxylation is 1. The van der Waals surface area contributed by atoms with Gasteiger partial charge in [-0.15, -0.1) is 5.10 Å². The van der Waals surface area contributed by atoms with Crippen LogP contribution in [-0.4, -0.2) is 26.4 Å². The van der Waals surface area contributed by atoms with Crippen molar-refractivity contribution in [1.82, 2.24) is 19.3 Å². The summed E-state index contributed by atoms with van der Waals surface area (Å²) in [4.78, 5) is 5.58. The van der Waals surface area contributed by atoms with Crippen LogP contribution >= 0.6 is 12.2 Å². The number of benzene rings is 1. The predicted octanol–water partition coefficient (Wildman–Crippen LogP) is 3.79. The highest BCUT2D eigenvalue weighted by Gasteiger charge is 2.29. The molecule has 1 atom stereocenters. The van der Waals surface area contributed by atoms with Crippen LogP contribution in [0, 0.1) is 4.77 Å². The van der Waals surface area contributed by atoms with Crippen molar-refractivity contribution >= 4 is 23.2 Å². The summed E-state index contributed by atoms with van der Waals surface area (Å²) in [6.45, 7) is 3.71. The number of fused-ring (bicyclic) bond motifs is 1. The number of quaternary nitrogens is 1. The third-order valence-electron chi connectivity index (χ3n) is 5.70. The molecule has 7 heteroatoms. The van der Waals surface area contributed by atoms with Crippen LogP contribution in [0.3, 0.4) is 0 Å². The van der Waals surface area contributed by atoms with Gasteiger partial charge in [0.2, 0.25) is 4.77 Å². The molecule has 1 aliphatic carbocycles. The molecular formula is C23H26N5OS+. The van der Waals surface area contributed by atoms with Crippen LogP contribution in [0.5, 0.6) is 0 Å². The van der Waals surface area contributed by atoms with E-state index in [2.05, 4.69) is 41.7 Å². The quantitative estimate of drug-likeness (QED) is 0.462. The summed E-state index contributed by atoms with van der Waals surface area (Å²) >= 11 is 5.83. The Morgan fingerprint density at radius 1 is 1.20 bits per heavy atom. The van der Waals surface area contributed by atoms with Crippen molar-refractivity contribution < 1.29 is 9.32 Å². The minimum absolute atomic E-state index is 0.464. The molecule has 0 amide bonds. The Balaban J connectivity index is 1.45. The summed E-state index contributed by atoms with van der Waals surface area (Å²) < 4.78 is 11.1. The van der Waals surface area contributed by atoms with Gasteiger partial charge in [-0.3, -0.25) is 9.55 Å². The molecule has 3 aromatic heterocycles. The van der Waals surface area contributed by atoms with Crippen LogP contribution in [0.4, 0.5) is 0 Å². The molecule has 30 heavy (non-hydrogen) atoms. The van der Waals surface area contributed by atoms with Crippen molar-refractivity contribution in [1.29, 1.82) is 0 Å². The van der Waals surface area contributed by atoms with Gasteiger partial charge >= 0.3 is 0 Å². The summed E-state index contributed by atoms with van der Waals surface area (Å²) in [6, 6.07) is 12.7. The molecule has 3 heterocycles. The Morgan fingerprint density at radius 2 is 2.03 bits per heavy atom. The lowest BCUT2D eigenvalue weighted by atomic mass is 10.1. The Hall–Kier alpha value is -2.77. The minimum atomic E-state index is 0.464. The second-order valence-electron chi connectivity index (χ2n) is 8.09. The number of nitrogens with zero attached hydrogens (tertiary/aromatic N) is 4. The molecule has 1 fully saturated rings. The van der Waals surface area contributed by atoms with Crippen LogP contribution in [0.1, 0.15) is 37.1 Å². The number of aromatic nitrogens is 4. The molecule has 0 radical (unpaired) electrons. The Kier molecular flexibility index (Phi) is 5.00. The second-order valence-corrected chi connectivity index (χ2v) is 8.46. The van der Waals surface area contributed by atoms with E-state index in [4.69, 9.17) is 21.7 Å². The van der Waals surface area contributed by atoms with Gasteiger partial charge in [0.25, 0.3) is 0 Å². The second kappa shape index (κ2) is 7.81. The number of para-hydroxylation sites is 1. The van der Waals surface area contributed by atoms with Crippen LogP contribution in [0.2, 0.25) is 0 Å². The number of furan rings is 1. The van der Waals surface area contributed by atoms with Gasteiger partial charge in [-0.05, 0) is 43.3 Å². The predicted molar refractivity (Wildman–Crippen MR) is 119 cm³/mol.